The van der Waals surface area contributed by atoms with Gasteiger partial charge in [0.2, 0.25) is 0 Å². The van der Waals surface area contributed by atoms with Gasteiger partial charge in [-0.25, -0.2) is 0 Å². The summed E-state index contributed by atoms with van der Waals surface area (Å²) in [6.07, 6.45) is 2.69. The molecule has 0 fully saturated rings. The van der Waals surface area contributed by atoms with Crippen molar-refractivity contribution in [3.8, 4) is 11.5 Å². The van der Waals surface area contributed by atoms with Crippen LogP contribution in [0.4, 0.5) is 0 Å². The Kier molecular flexibility index (Phi) is 4.37. The molecule has 142 valence electrons. The normalized spacial score (nSPS) is 20.6. The fourth-order valence-electron chi connectivity index (χ4n) is 3.84. The summed E-state index contributed by atoms with van der Waals surface area (Å²) < 4.78 is 6.02. The second-order valence-corrected chi connectivity index (χ2v) is 8.60. The van der Waals surface area contributed by atoms with Gasteiger partial charge in [-0.1, -0.05) is 38.1 Å². The lowest BCUT2D eigenvalue weighted by Crippen LogP contribution is -2.32. The van der Waals surface area contributed by atoms with Crippen molar-refractivity contribution in [2.75, 3.05) is 0 Å². The highest BCUT2D eigenvalue weighted by Crippen LogP contribution is 2.38. The first kappa shape index (κ1) is 17.9. The molecule has 2 heterocycles. The van der Waals surface area contributed by atoms with E-state index in [1.54, 1.807) is 6.07 Å². The summed E-state index contributed by atoms with van der Waals surface area (Å²) in [6, 6.07) is 12.7. The second kappa shape index (κ2) is 6.59. The van der Waals surface area contributed by atoms with Crippen LogP contribution in [-0.2, 0) is 6.42 Å². The molecule has 2 aromatic rings. The van der Waals surface area contributed by atoms with Crippen molar-refractivity contribution in [1.82, 2.24) is 5.43 Å². The second-order valence-electron chi connectivity index (χ2n) is 8.60. The lowest BCUT2D eigenvalue weighted by molar-refractivity contribution is 0.0843. The van der Waals surface area contributed by atoms with Crippen molar-refractivity contribution in [3.05, 3.63) is 58.7 Å². The smallest absolute Gasteiger partial charge is 0.128 e. The Balaban J connectivity index is 1.54. The SMILES string of the molecule is CC(C)c1ccc(C2CC(c3cc4c(cc3O)OC(C)(C)CC4)=NN2)cc1. The van der Waals surface area contributed by atoms with Crippen LogP contribution in [0.15, 0.2) is 41.5 Å². The third kappa shape index (κ3) is 3.53. The van der Waals surface area contributed by atoms with Gasteiger partial charge < -0.3 is 15.3 Å². The first-order chi connectivity index (χ1) is 12.8. The highest BCUT2D eigenvalue weighted by Gasteiger charge is 2.29. The molecule has 1 unspecified atom stereocenters. The van der Waals surface area contributed by atoms with Gasteiger partial charge in [0.1, 0.15) is 17.1 Å². The standard InChI is InChI=1S/C23H28N2O2/c1-14(2)15-5-7-16(8-6-15)19-12-20(25-24-19)18-11-17-9-10-23(3,4)27-22(17)13-21(18)26/h5-8,11,13-14,19,24,26H,9-10,12H2,1-4H3. The Morgan fingerprint density at radius 1 is 1.19 bits per heavy atom. The van der Waals surface area contributed by atoms with Crippen LogP contribution in [0.2, 0.25) is 0 Å². The topological polar surface area (TPSA) is 53.9 Å². The number of ether oxygens (including phenoxy) is 1. The molecule has 2 aliphatic heterocycles. The molecule has 2 N–H and O–H groups in total. The molecule has 0 aromatic heterocycles. The molecule has 2 aromatic carbocycles. The molecule has 27 heavy (non-hydrogen) atoms. The van der Waals surface area contributed by atoms with Crippen LogP contribution in [0.1, 0.15) is 74.8 Å². The van der Waals surface area contributed by atoms with Crippen LogP contribution >= 0.6 is 0 Å². The number of hydrogen-bond acceptors (Lipinski definition) is 4. The molecule has 1 atom stereocenters. The average molecular weight is 364 g/mol. The summed E-state index contributed by atoms with van der Waals surface area (Å²) in [6.45, 7) is 8.57. The quantitative estimate of drug-likeness (QED) is 0.800. The number of benzene rings is 2. The van der Waals surface area contributed by atoms with E-state index in [0.29, 0.717) is 5.92 Å². The maximum atomic E-state index is 10.6. The van der Waals surface area contributed by atoms with Crippen molar-refractivity contribution >= 4 is 5.71 Å². The summed E-state index contributed by atoms with van der Waals surface area (Å²) in [7, 11) is 0. The van der Waals surface area contributed by atoms with Gasteiger partial charge in [0.05, 0.1) is 11.8 Å². The molecule has 0 saturated carbocycles. The predicted octanol–water partition coefficient (Wildman–Crippen LogP) is 5.06. The average Bonchev–Trinajstić information content (AvgIpc) is 3.10. The summed E-state index contributed by atoms with van der Waals surface area (Å²) >= 11 is 0. The van der Waals surface area contributed by atoms with Gasteiger partial charge in [-0.05, 0) is 55.4 Å². The Morgan fingerprint density at radius 3 is 2.63 bits per heavy atom. The predicted molar refractivity (Wildman–Crippen MR) is 109 cm³/mol. The summed E-state index contributed by atoms with van der Waals surface area (Å²) in [4.78, 5) is 0. The van der Waals surface area contributed by atoms with Gasteiger partial charge in [0.15, 0.2) is 0 Å². The lowest BCUT2D eigenvalue weighted by atomic mass is 9.91. The molecule has 0 spiro atoms. The molecule has 0 aliphatic carbocycles. The maximum Gasteiger partial charge on any atom is 0.128 e. The number of hydrazone groups is 1. The Labute approximate surface area is 161 Å². The minimum atomic E-state index is -0.180. The molecule has 0 saturated heterocycles. The van der Waals surface area contributed by atoms with Gasteiger partial charge in [0, 0.05) is 18.1 Å². The molecular formula is C23H28N2O2. The van der Waals surface area contributed by atoms with E-state index in [0.717, 1.165) is 41.9 Å². The lowest BCUT2D eigenvalue weighted by Gasteiger charge is -2.33. The molecular weight excluding hydrogens is 336 g/mol. The van der Waals surface area contributed by atoms with E-state index in [4.69, 9.17) is 4.74 Å². The van der Waals surface area contributed by atoms with Gasteiger partial charge >= 0.3 is 0 Å². The zero-order chi connectivity index (χ0) is 19.2. The van der Waals surface area contributed by atoms with E-state index in [1.807, 2.05) is 6.07 Å². The molecule has 4 nitrogen and oxygen atoms in total. The Hall–Kier alpha value is -2.49. The number of phenols is 1. The van der Waals surface area contributed by atoms with E-state index in [2.05, 4.69) is 62.5 Å². The third-order valence-electron chi connectivity index (χ3n) is 5.63. The minimum Gasteiger partial charge on any atom is -0.507 e. The van der Waals surface area contributed by atoms with Crippen LogP contribution in [0, 0.1) is 0 Å². The molecule has 2 aliphatic rings. The van der Waals surface area contributed by atoms with Gasteiger partial charge in [-0.3, -0.25) is 0 Å². The van der Waals surface area contributed by atoms with Gasteiger partial charge in [0.25, 0.3) is 0 Å². The largest absolute Gasteiger partial charge is 0.507 e. The van der Waals surface area contributed by atoms with E-state index < -0.39 is 0 Å². The third-order valence-corrected chi connectivity index (χ3v) is 5.63. The number of hydrogen-bond donors (Lipinski definition) is 2. The van der Waals surface area contributed by atoms with Crippen molar-refractivity contribution in [1.29, 1.82) is 0 Å². The summed E-state index contributed by atoms with van der Waals surface area (Å²) in [5, 5.41) is 15.1. The van der Waals surface area contributed by atoms with Crippen LogP contribution in [0.25, 0.3) is 0 Å². The van der Waals surface area contributed by atoms with E-state index in [1.165, 1.54) is 11.1 Å². The minimum absolute atomic E-state index is 0.145. The molecule has 4 heteroatoms. The number of nitrogens with zero attached hydrogens (tertiary/aromatic N) is 1. The van der Waals surface area contributed by atoms with E-state index >= 15 is 0 Å². The first-order valence-corrected chi connectivity index (χ1v) is 9.79. The maximum absolute atomic E-state index is 10.6. The van der Waals surface area contributed by atoms with Crippen LogP contribution < -0.4 is 10.2 Å². The number of rotatable bonds is 3. The molecule has 0 amide bonds. The zero-order valence-corrected chi connectivity index (χ0v) is 16.5. The Morgan fingerprint density at radius 2 is 1.93 bits per heavy atom. The molecule has 0 bridgehead atoms. The number of phenolic OH excluding ortho intramolecular Hbond substituents is 1. The summed E-state index contributed by atoms with van der Waals surface area (Å²) in [5.41, 5.74) is 8.48. The van der Waals surface area contributed by atoms with Crippen molar-refractivity contribution in [3.63, 3.8) is 0 Å². The number of fused-ring (bicyclic) bond motifs is 1. The van der Waals surface area contributed by atoms with Crippen molar-refractivity contribution in [2.24, 2.45) is 5.10 Å². The van der Waals surface area contributed by atoms with Crippen LogP contribution in [-0.4, -0.2) is 16.4 Å². The highest BCUT2D eigenvalue weighted by atomic mass is 16.5. The fourth-order valence-corrected chi connectivity index (χ4v) is 3.84. The van der Waals surface area contributed by atoms with Gasteiger partial charge in [-0.15, -0.1) is 0 Å². The summed E-state index contributed by atoms with van der Waals surface area (Å²) in [5.74, 6) is 1.56. The highest BCUT2D eigenvalue weighted by molar-refractivity contribution is 6.04. The number of aryl methyl sites for hydroxylation is 1. The van der Waals surface area contributed by atoms with Crippen molar-refractivity contribution < 1.29 is 9.84 Å². The molecule has 0 radical (unpaired) electrons. The Bertz CT molecular complexity index is 882. The molecule has 4 rings (SSSR count). The van der Waals surface area contributed by atoms with E-state index in [-0.39, 0.29) is 17.4 Å². The van der Waals surface area contributed by atoms with Crippen LogP contribution in [0.5, 0.6) is 11.5 Å². The van der Waals surface area contributed by atoms with Crippen molar-refractivity contribution in [2.45, 2.75) is 64.5 Å². The fraction of sp³-hybridized carbons (Fsp3) is 0.435. The van der Waals surface area contributed by atoms with E-state index in [9.17, 15) is 5.11 Å². The first-order valence-electron chi connectivity index (χ1n) is 9.79. The monoisotopic (exact) mass is 364 g/mol. The van der Waals surface area contributed by atoms with Crippen LogP contribution in [0.3, 0.4) is 0 Å². The zero-order valence-electron chi connectivity index (χ0n) is 16.5. The number of nitrogens with one attached hydrogen (secondary N) is 1. The number of aromatic hydroxyl groups is 1. The van der Waals surface area contributed by atoms with Gasteiger partial charge in [-0.2, -0.15) is 5.10 Å².